The van der Waals surface area contributed by atoms with Gasteiger partial charge in [0.1, 0.15) is 5.82 Å². The zero-order chi connectivity index (χ0) is 16.4. The molecule has 0 aliphatic rings. The van der Waals surface area contributed by atoms with E-state index in [9.17, 15) is 4.39 Å². The highest BCUT2D eigenvalue weighted by Gasteiger charge is 2.19. The first-order valence-electron chi connectivity index (χ1n) is 7.51. The highest BCUT2D eigenvalue weighted by molar-refractivity contribution is 5.84. The molecule has 0 fully saturated rings. The highest BCUT2D eigenvalue weighted by atomic mass is 19.1. The summed E-state index contributed by atoms with van der Waals surface area (Å²) < 4.78 is 13.7. The molecule has 5 nitrogen and oxygen atoms in total. The lowest BCUT2D eigenvalue weighted by Crippen LogP contribution is -2.14. The maximum absolute atomic E-state index is 13.7. The molecule has 24 heavy (non-hydrogen) atoms. The molecule has 0 saturated carbocycles. The third kappa shape index (κ3) is 2.69. The van der Waals surface area contributed by atoms with Gasteiger partial charge in [0.15, 0.2) is 0 Å². The summed E-state index contributed by atoms with van der Waals surface area (Å²) in [6.07, 6.45) is 8.68. The number of aromatic nitrogens is 4. The Hall–Kier alpha value is -3.28. The topological polar surface area (TPSA) is 66.5 Å². The number of pyridine rings is 1. The normalized spacial score (nSPS) is 12.2. The van der Waals surface area contributed by atoms with Crippen LogP contribution in [-0.2, 0) is 0 Å². The van der Waals surface area contributed by atoms with Crippen molar-refractivity contribution in [3.05, 3.63) is 84.3 Å². The number of nitrogens with zero attached hydrogens (tertiary/aromatic N) is 3. The van der Waals surface area contributed by atoms with E-state index in [0.717, 1.165) is 22.0 Å². The molecule has 2 N–H and O–H groups in total. The number of fused-ring (bicyclic) bond motifs is 1. The quantitative estimate of drug-likeness (QED) is 0.602. The molecule has 0 amide bonds. The Morgan fingerprint density at radius 2 is 1.79 bits per heavy atom. The van der Waals surface area contributed by atoms with Gasteiger partial charge in [0.2, 0.25) is 5.95 Å². The fourth-order valence-electron chi connectivity index (χ4n) is 2.75. The van der Waals surface area contributed by atoms with Crippen LogP contribution in [0.4, 0.5) is 10.3 Å². The summed E-state index contributed by atoms with van der Waals surface area (Å²) in [6, 6.07) is 10.1. The van der Waals surface area contributed by atoms with Crippen LogP contribution < -0.4 is 5.32 Å². The smallest absolute Gasteiger partial charge is 0.223 e. The third-order valence-electron chi connectivity index (χ3n) is 3.87. The molecule has 1 aromatic carbocycles. The van der Waals surface area contributed by atoms with E-state index in [-0.39, 0.29) is 11.9 Å². The molecule has 0 saturated heterocycles. The summed E-state index contributed by atoms with van der Waals surface area (Å²) in [4.78, 5) is 15.7. The molecule has 4 rings (SSSR count). The zero-order valence-corrected chi connectivity index (χ0v) is 12.6. The number of hydrogen-bond acceptors (Lipinski definition) is 4. The largest absolute Gasteiger partial charge is 0.361 e. The number of aromatic amines is 1. The first-order chi connectivity index (χ1) is 11.8. The van der Waals surface area contributed by atoms with Crippen molar-refractivity contribution in [3.63, 3.8) is 0 Å². The summed E-state index contributed by atoms with van der Waals surface area (Å²) >= 11 is 0. The lowest BCUT2D eigenvalue weighted by atomic mass is 9.99. The van der Waals surface area contributed by atoms with E-state index in [2.05, 4.69) is 25.3 Å². The van der Waals surface area contributed by atoms with E-state index < -0.39 is 0 Å². The molecule has 0 aliphatic carbocycles. The third-order valence-corrected chi connectivity index (χ3v) is 3.87. The first kappa shape index (κ1) is 14.3. The molecule has 0 bridgehead atoms. The maximum atomic E-state index is 13.7. The van der Waals surface area contributed by atoms with Gasteiger partial charge in [-0.25, -0.2) is 14.4 Å². The number of benzene rings is 1. The lowest BCUT2D eigenvalue weighted by Gasteiger charge is -2.18. The van der Waals surface area contributed by atoms with Gasteiger partial charge in [-0.1, -0.05) is 0 Å². The Morgan fingerprint density at radius 1 is 1.00 bits per heavy atom. The lowest BCUT2D eigenvalue weighted by molar-refractivity contribution is 0.629. The molecule has 4 aromatic rings. The highest BCUT2D eigenvalue weighted by Crippen LogP contribution is 2.31. The Balaban J connectivity index is 1.84. The fraction of sp³-hybridized carbons (Fsp3) is 0.0556. The maximum Gasteiger partial charge on any atom is 0.223 e. The molecule has 6 heteroatoms. The zero-order valence-electron chi connectivity index (χ0n) is 12.6. The summed E-state index contributed by atoms with van der Waals surface area (Å²) in [5.41, 5.74) is 2.78. The van der Waals surface area contributed by atoms with Crippen LogP contribution in [0.1, 0.15) is 17.2 Å². The molecule has 118 valence electrons. The number of halogens is 1. The Kier molecular flexibility index (Phi) is 3.63. The molecule has 0 aliphatic heterocycles. The summed E-state index contributed by atoms with van der Waals surface area (Å²) in [7, 11) is 0. The molecular formula is C18H14FN5. The Bertz CT molecular complexity index is 953. The van der Waals surface area contributed by atoms with Crippen LogP contribution in [0.3, 0.4) is 0 Å². The summed E-state index contributed by atoms with van der Waals surface area (Å²) in [5, 5.41) is 4.14. The van der Waals surface area contributed by atoms with Gasteiger partial charge in [0.05, 0.1) is 6.04 Å². The van der Waals surface area contributed by atoms with Crippen molar-refractivity contribution >= 4 is 16.9 Å². The second kappa shape index (κ2) is 6.08. The molecule has 3 heterocycles. The van der Waals surface area contributed by atoms with Crippen LogP contribution in [0.2, 0.25) is 0 Å². The SMILES string of the molecule is Fc1ccc2[nH]cc(C(Nc3ncccn3)c3ccncc3)c2c1. The van der Waals surface area contributed by atoms with E-state index in [1.165, 1.54) is 12.1 Å². The number of H-pyrrole nitrogens is 1. The van der Waals surface area contributed by atoms with Crippen molar-refractivity contribution in [2.75, 3.05) is 5.32 Å². The predicted molar refractivity (Wildman–Crippen MR) is 90.0 cm³/mol. The minimum Gasteiger partial charge on any atom is -0.361 e. The number of anilines is 1. The van der Waals surface area contributed by atoms with Gasteiger partial charge in [-0.05, 0) is 42.0 Å². The first-order valence-corrected chi connectivity index (χ1v) is 7.51. The van der Waals surface area contributed by atoms with Crippen molar-refractivity contribution in [2.24, 2.45) is 0 Å². The molecule has 1 unspecified atom stereocenters. The standard InChI is InChI=1S/C18H14FN5/c19-13-2-3-16-14(10-13)15(11-23-16)17(12-4-8-20-9-5-12)24-18-21-6-1-7-22-18/h1-11,17,23H,(H,21,22,24). The summed E-state index contributed by atoms with van der Waals surface area (Å²) in [6.45, 7) is 0. The van der Waals surface area contributed by atoms with Gasteiger partial charge < -0.3 is 10.3 Å². The average molecular weight is 319 g/mol. The van der Waals surface area contributed by atoms with E-state index in [4.69, 9.17) is 0 Å². The fourth-order valence-corrected chi connectivity index (χ4v) is 2.75. The monoisotopic (exact) mass is 319 g/mol. The number of hydrogen-bond donors (Lipinski definition) is 2. The molecule has 3 aromatic heterocycles. The molecular weight excluding hydrogens is 305 g/mol. The Morgan fingerprint density at radius 3 is 2.58 bits per heavy atom. The van der Waals surface area contributed by atoms with Crippen molar-refractivity contribution in [1.82, 2.24) is 19.9 Å². The summed E-state index contributed by atoms with van der Waals surface area (Å²) in [5.74, 6) is 0.234. The molecule has 0 spiro atoms. The van der Waals surface area contributed by atoms with Crippen molar-refractivity contribution in [1.29, 1.82) is 0 Å². The van der Waals surface area contributed by atoms with Gasteiger partial charge >= 0.3 is 0 Å². The van der Waals surface area contributed by atoms with Crippen LogP contribution >= 0.6 is 0 Å². The van der Waals surface area contributed by atoms with Crippen LogP contribution in [-0.4, -0.2) is 19.9 Å². The van der Waals surface area contributed by atoms with E-state index in [0.29, 0.717) is 5.95 Å². The predicted octanol–water partition coefficient (Wildman–Crippen LogP) is 3.69. The van der Waals surface area contributed by atoms with Crippen LogP contribution in [0.5, 0.6) is 0 Å². The van der Waals surface area contributed by atoms with Crippen LogP contribution in [0, 0.1) is 5.82 Å². The van der Waals surface area contributed by atoms with Gasteiger partial charge in [-0.3, -0.25) is 4.98 Å². The van der Waals surface area contributed by atoms with Crippen molar-refractivity contribution in [2.45, 2.75) is 6.04 Å². The van der Waals surface area contributed by atoms with Crippen LogP contribution in [0.25, 0.3) is 10.9 Å². The number of rotatable bonds is 4. The van der Waals surface area contributed by atoms with Crippen molar-refractivity contribution < 1.29 is 4.39 Å². The van der Waals surface area contributed by atoms with Gasteiger partial charge in [0, 0.05) is 47.5 Å². The molecule has 1 atom stereocenters. The van der Waals surface area contributed by atoms with Crippen LogP contribution in [0.15, 0.2) is 67.4 Å². The number of nitrogens with one attached hydrogen (secondary N) is 2. The minimum absolute atomic E-state index is 0.231. The minimum atomic E-state index is -0.271. The second-order valence-electron chi connectivity index (χ2n) is 5.36. The van der Waals surface area contributed by atoms with E-state index in [1.54, 1.807) is 36.9 Å². The van der Waals surface area contributed by atoms with Gasteiger partial charge in [-0.15, -0.1) is 0 Å². The second-order valence-corrected chi connectivity index (χ2v) is 5.36. The van der Waals surface area contributed by atoms with Gasteiger partial charge in [-0.2, -0.15) is 0 Å². The van der Waals surface area contributed by atoms with E-state index >= 15 is 0 Å². The van der Waals surface area contributed by atoms with Gasteiger partial charge in [0.25, 0.3) is 0 Å². The van der Waals surface area contributed by atoms with Crippen molar-refractivity contribution in [3.8, 4) is 0 Å². The average Bonchev–Trinajstić information content (AvgIpc) is 3.04. The van der Waals surface area contributed by atoms with E-state index in [1.807, 2.05) is 18.3 Å². The Labute approximate surface area is 137 Å². The molecule has 0 radical (unpaired) electrons.